The number of nitrogens with one attached hydrogen (secondary N) is 1. The Labute approximate surface area is 254 Å². The van der Waals surface area contributed by atoms with E-state index in [0.717, 1.165) is 37.1 Å². The fraction of sp³-hybridized carbons (Fsp3) is 0.129. The fourth-order valence-corrected chi connectivity index (χ4v) is 5.71. The Kier molecular flexibility index (Phi) is 8.67. The second kappa shape index (κ2) is 12.2. The van der Waals surface area contributed by atoms with E-state index in [-0.39, 0.29) is 6.04 Å². The Morgan fingerprint density at radius 3 is 1.85 bits per heavy atom. The number of benzene rings is 4. The molecule has 1 aliphatic heterocycles. The monoisotopic (exact) mass is 684 g/mol. The zero-order valence-corrected chi connectivity index (χ0v) is 25.6. The molecule has 39 heavy (non-hydrogen) atoms. The van der Waals surface area contributed by atoms with Crippen LogP contribution in [0.4, 0.5) is 11.4 Å². The second-order valence-corrected chi connectivity index (χ2v) is 11.8. The van der Waals surface area contributed by atoms with Crippen LogP contribution < -0.4 is 10.2 Å². The summed E-state index contributed by atoms with van der Waals surface area (Å²) in [6.07, 6.45) is 0.530. The smallest absolute Gasteiger partial charge is 0.337 e. The normalized spacial score (nSPS) is 17.2. The molecule has 8 heteroatoms. The number of esters is 1. The number of hydrogen-bond donors (Lipinski definition) is 1. The molecule has 0 aromatic heterocycles. The molecule has 0 saturated heterocycles. The third-order valence-corrected chi connectivity index (χ3v) is 8.28. The number of anilines is 2. The number of rotatable bonds is 6. The minimum atomic E-state index is -0.469. The molecule has 5 rings (SSSR count). The van der Waals surface area contributed by atoms with E-state index in [4.69, 9.17) is 27.9 Å². The molecule has 1 heterocycles. The lowest BCUT2D eigenvalue weighted by Crippen LogP contribution is -2.41. The van der Waals surface area contributed by atoms with Gasteiger partial charge in [0.15, 0.2) is 0 Å². The van der Waals surface area contributed by atoms with E-state index in [2.05, 4.69) is 54.2 Å². The third-order valence-electron chi connectivity index (χ3n) is 6.72. The van der Waals surface area contributed by atoms with Gasteiger partial charge in [0.2, 0.25) is 0 Å². The Morgan fingerprint density at radius 2 is 1.31 bits per heavy atom. The Hall–Kier alpha value is -2.77. The summed E-state index contributed by atoms with van der Waals surface area (Å²) in [4.78, 5) is 15.9. The summed E-state index contributed by atoms with van der Waals surface area (Å²) in [6.45, 7) is 0. The molecule has 4 nitrogen and oxygen atoms in total. The zero-order chi connectivity index (χ0) is 27.5. The van der Waals surface area contributed by atoms with Crippen molar-refractivity contribution in [3.05, 3.63) is 138 Å². The number of ether oxygens (including phenoxy) is 1. The van der Waals surface area contributed by atoms with Gasteiger partial charge in [0.1, 0.15) is 0 Å². The maximum Gasteiger partial charge on any atom is 0.337 e. The first kappa shape index (κ1) is 27.8. The second-order valence-electron chi connectivity index (χ2n) is 9.12. The van der Waals surface area contributed by atoms with E-state index in [9.17, 15) is 4.79 Å². The average molecular weight is 687 g/mol. The van der Waals surface area contributed by atoms with Gasteiger partial charge in [-0.05, 0) is 83.9 Å². The summed E-state index contributed by atoms with van der Waals surface area (Å²) in [5.74, 6) is -0.397. The van der Waals surface area contributed by atoms with Crippen LogP contribution in [0.3, 0.4) is 0 Å². The Bertz CT molecular complexity index is 1490. The number of carbonyl (C=O) groups is 1. The van der Waals surface area contributed by atoms with Crippen LogP contribution in [0.2, 0.25) is 10.0 Å². The maximum atomic E-state index is 13.6. The van der Waals surface area contributed by atoms with Gasteiger partial charge >= 0.3 is 5.97 Å². The molecule has 0 radical (unpaired) electrons. The topological polar surface area (TPSA) is 41.6 Å². The summed E-state index contributed by atoms with van der Waals surface area (Å²) in [5, 5.41) is 4.83. The molecule has 4 aromatic carbocycles. The predicted octanol–water partition coefficient (Wildman–Crippen LogP) is 9.75. The highest BCUT2D eigenvalue weighted by molar-refractivity contribution is 9.10. The number of methoxy groups -OCH3 is 1. The van der Waals surface area contributed by atoms with Crippen molar-refractivity contribution in [3.8, 4) is 0 Å². The van der Waals surface area contributed by atoms with Crippen LogP contribution in [0.5, 0.6) is 0 Å². The molecule has 0 bridgehead atoms. The van der Waals surface area contributed by atoms with E-state index < -0.39 is 12.0 Å². The molecule has 1 aliphatic rings. The highest BCUT2D eigenvalue weighted by atomic mass is 79.9. The SMILES string of the molecule is COC(=O)C1=C(Nc2ccc(Br)cc2)C[C@@H](c2ccc(Cl)cc2)N(c2ccc(Br)cc2)[C@@H]1c1ccc(Cl)cc1. The molecular formula is C31H24Br2Cl2N2O2. The molecule has 0 aliphatic carbocycles. The van der Waals surface area contributed by atoms with Gasteiger partial charge in [0, 0.05) is 42.5 Å². The largest absolute Gasteiger partial charge is 0.466 e. The van der Waals surface area contributed by atoms with Crippen LogP contribution in [0.1, 0.15) is 29.6 Å². The van der Waals surface area contributed by atoms with E-state index in [1.54, 1.807) is 0 Å². The highest BCUT2D eigenvalue weighted by Gasteiger charge is 2.41. The van der Waals surface area contributed by atoms with Crippen LogP contribution >= 0.6 is 55.1 Å². The van der Waals surface area contributed by atoms with Gasteiger partial charge < -0.3 is 15.0 Å². The fourth-order valence-electron chi connectivity index (χ4n) is 4.93. The Balaban J connectivity index is 1.77. The van der Waals surface area contributed by atoms with Gasteiger partial charge in [-0.2, -0.15) is 0 Å². The first-order valence-electron chi connectivity index (χ1n) is 12.2. The lowest BCUT2D eigenvalue weighted by atomic mass is 9.84. The van der Waals surface area contributed by atoms with Gasteiger partial charge in [-0.15, -0.1) is 0 Å². The van der Waals surface area contributed by atoms with Crippen molar-refractivity contribution in [2.75, 3.05) is 17.3 Å². The standard InChI is InChI=1S/C31H24Br2Cl2N2O2/c1-39-31(38)29-27(36-25-14-6-21(32)7-15-25)18-28(19-2-10-23(34)11-3-19)37(26-16-8-22(33)9-17-26)30(29)20-4-12-24(35)13-5-20/h2-17,28,30,36H,18H2,1H3/t28-,30+/m0/s1. The first-order chi connectivity index (χ1) is 18.8. The van der Waals surface area contributed by atoms with Gasteiger partial charge in [0.05, 0.1) is 24.8 Å². The molecule has 2 atom stereocenters. The number of nitrogens with zero attached hydrogens (tertiary/aromatic N) is 1. The number of halogens is 4. The molecule has 0 spiro atoms. The minimum Gasteiger partial charge on any atom is -0.466 e. The van der Waals surface area contributed by atoms with E-state index >= 15 is 0 Å². The molecule has 198 valence electrons. The molecule has 0 saturated carbocycles. The molecule has 1 N–H and O–H groups in total. The number of hydrogen-bond acceptors (Lipinski definition) is 4. The van der Waals surface area contributed by atoms with Gasteiger partial charge in [-0.3, -0.25) is 0 Å². The van der Waals surface area contributed by atoms with Crippen molar-refractivity contribution in [2.45, 2.75) is 18.5 Å². The van der Waals surface area contributed by atoms with Crippen LogP contribution in [0.15, 0.2) is 117 Å². The Morgan fingerprint density at radius 1 is 0.795 bits per heavy atom. The van der Waals surface area contributed by atoms with E-state index in [1.165, 1.54) is 7.11 Å². The van der Waals surface area contributed by atoms with Crippen molar-refractivity contribution in [3.63, 3.8) is 0 Å². The van der Waals surface area contributed by atoms with Crippen molar-refractivity contribution >= 4 is 72.4 Å². The summed E-state index contributed by atoms with van der Waals surface area (Å²) in [5.41, 5.74) is 5.14. The van der Waals surface area contributed by atoms with E-state index in [0.29, 0.717) is 22.0 Å². The van der Waals surface area contributed by atoms with Gasteiger partial charge in [-0.25, -0.2) is 4.79 Å². The first-order valence-corrected chi connectivity index (χ1v) is 14.6. The van der Waals surface area contributed by atoms with Crippen molar-refractivity contribution in [2.24, 2.45) is 0 Å². The minimum absolute atomic E-state index is 0.129. The lowest BCUT2D eigenvalue weighted by molar-refractivity contribution is -0.136. The average Bonchev–Trinajstić information content (AvgIpc) is 2.95. The maximum absolute atomic E-state index is 13.6. The van der Waals surface area contributed by atoms with Gasteiger partial charge in [0.25, 0.3) is 0 Å². The van der Waals surface area contributed by atoms with Crippen molar-refractivity contribution in [1.29, 1.82) is 0 Å². The van der Waals surface area contributed by atoms with Crippen LogP contribution in [0.25, 0.3) is 0 Å². The molecule has 0 amide bonds. The van der Waals surface area contributed by atoms with E-state index in [1.807, 2.05) is 84.9 Å². The molecule has 0 unspecified atom stereocenters. The lowest BCUT2D eigenvalue weighted by Gasteiger charge is -2.46. The van der Waals surface area contributed by atoms with Crippen molar-refractivity contribution in [1.82, 2.24) is 0 Å². The zero-order valence-electron chi connectivity index (χ0n) is 20.9. The van der Waals surface area contributed by atoms with Gasteiger partial charge in [-0.1, -0.05) is 79.3 Å². The summed E-state index contributed by atoms with van der Waals surface area (Å²) >= 11 is 19.6. The predicted molar refractivity (Wildman–Crippen MR) is 166 cm³/mol. The van der Waals surface area contributed by atoms with Crippen LogP contribution in [0, 0.1) is 0 Å². The molecule has 0 fully saturated rings. The summed E-state index contributed by atoms with van der Waals surface area (Å²) < 4.78 is 7.33. The highest BCUT2D eigenvalue weighted by Crippen LogP contribution is 2.48. The molecular weight excluding hydrogens is 663 g/mol. The van der Waals surface area contributed by atoms with Crippen LogP contribution in [-0.4, -0.2) is 13.1 Å². The third kappa shape index (κ3) is 6.20. The van der Waals surface area contributed by atoms with Crippen LogP contribution in [-0.2, 0) is 9.53 Å². The molecule has 4 aromatic rings. The summed E-state index contributed by atoms with van der Waals surface area (Å²) in [6, 6.07) is 30.9. The summed E-state index contributed by atoms with van der Waals surface area (Å²) in [7, 11) is 1.42. The quantitative estimate of drug-likeness (QED) is 0.205. The number of carbonyl (C=O) groups excluding carboxylic acids is 1. The van der Waals surface area contributed by atoms with Crippen molar-refractivity contribution < 1.29 is 9.53 Å².